The number of fused-ring (bicyclic) bond motifs is 1. The molecule has 0 aliphatic carbocycles. The van der Waals surface area contributed by atoms with Crippen molar-refractivity contribution in [1.82, 2.24) is 9.80 Å². The van der Waals surface area contributed by atoms with E-state index >= 15 is 0 Å². The summed E-state index contributed by atoms with van der Waals surface area (Å²) in [6.45, 7) is 17.2. The van der Waals surface area contributed by atoms with Gasteiger partial charge in [0.15, 0.2) is 0 Å². The predicted molar refractivity (Wildman–Crippen MR) is 147 cm³/mol. The lowest BCUT2D eigenvalue weighted by atomic mass is 9.62. The van der Waals surface area contributed by atoms with Crippen molar-refractivity contribution in [2.45, 2.75) is 76.3 Å². The monoisotopic (exact) mass is 538 g/mol. The van der Waals surface area contributed by atoms with E-state index in [-0.39, 0.29) is 37.5 Å². The first-order valence-corrected chi connectivity index (χ1v) is 13.8. The molecule has 3 aliphatic heterocycles. The van der Waals surface area contributed by atoms with Crippen LogP contribution in [0.15, 0.2) is 55.6 Å². The van der Waals surface area contributed by atoms with E-state index in [2.05, 4.69) is 13.2 Å². The maximum Gasteiger partial charge on any atom is 0.312 e. The number of aliphatic hydroxyl groups excluding tert-OH is 1. The van der Waals surface area contributed by atoms with Crippen molar-refractivity contribution in [3.8, 4) is 0 Å². The molecule has 39 heavy (non-hydrogen) atoms. The lowest BCUT2D eigenvalue weighted by Crippen LogP contribution is -2.60. The number of aliphatic hydroxyl groups is 1. The van der Waals surface area contributed by atoms with Gasteiger partial charge in [0.25, 0.3) is 0 Å². The van der Waals surface area contributed by atoms with Crippen LogP contribution in [0.25, 0.3) is 0 Å². The minimum absolute atomic E-state index is 0.111. The lowest BCUT2D eigenvalue weighted by molar-refractivity contribution is -0.164. The van der Waals surface area contributed by atoms with Crippen LogP contribution >= 0.6 is 0 Å². The van der Waals surface area contributed by atoms with Crippen molar-refractivity contribution in [2.24, 2.45) is 17.8 Å². The molecule has 7 atom stereocenters. The smallest absolute Gasteiger partial charge is 0.312 e. The molecule has 8 heteroatoms. The molecule has 3 heterocycles. The SMILES string of the molecule is C=CCCOC(=O)[C@@H]1[C@H]2C(=O)N([C@H](CO)c3ccccc3)C(C(=O)N(CC=C)C(C)(C)C)C23CC(C)[C@@]1(C)O3. The minimum atomic E-state index is -1.24. The fourth-order valence-electron chi connectivity index (χ4n) is 6.98. The molecule has 3 fully saturated rings. The van der Waals surface area contributed by atoms with E-state index in [1.807, 2.05) is 65.0 Å². The van der Waals surface area contributed by atoms with E-state index in [0.717, 1.165) is 0 Å². The van der Waals surface area contributed by atoms with Crippen LogP contribution in [0.1, 0.15) is 59.1 Å². The van der Waals surface area contributed by atoms with Gasteiger partial charge in [0, 0.05) is 12.1 Å². The molecule has 1 spiro atoms. The number of carbonyl (C=O) groups excluding carboxylic acids is 3. The van der Waals surface area contributed by atoms with Gasteiger partial charge in [-0.1, -0.05) is 49.4 Å². The number of amides is 2. The Morgan fingerprint density at radius 1 is 1.26 bits per heavy atom. The molecule has 2 amide bonds. The molecule has 3 unspecified atom stereocenters. The zero-order valence-electron chi connectivity index (χ0n) is 23.8. The summed E-state index contributed by atoms with van der Waals surface area (Å²) < 4.78 is 12.4. The molecular weight excluding hydrogens is 496 g/mol. The van der Waals surface area contributed by atoms with Crippen molar-refractivity contribution < 1.29 is 29.0 Å². The van der Waals surface area contributed by atoms with Crippen molar-refractivity contribution in [1.29, 1.82) is 0 Å². The summed E-state index contributed by atoms with van der Waals surface area (Å²) in [6.07, 6.45) is 4.25. The summed E-state index contributed by atoms with van der Waals surface area (Å²) in [5.41, 5.74) is -2.09. The van der Waals surface area contributed by atoms with Crippen LogP contribution < -0.4 is 0 Å². The highest BCUT2D eigenvalue weighted by Crippen LogP contribution is 2.66. The van der Waals surface area contributed by atoms with Crippen LogP contribution in [0.2, 0.25) is 0 Å². The van der Waals surface area contributed by atoms with Gasteiger partial charge in [-0.15, -0.1) is 13.2 Å². The van der Waals surface area contributed by atoms with Gasteiger partial charge in [-0.2, -0.15) is 0 Å². The van der Waals surface area contributed by atoms with E-state index in [1.165, 1.54) is 4.90 Å². The quantitative estimate of drug-likeness (QED) is 0.278. The van der Waals surface area contributed by atoms with Crippen LogP contribution in [0.4, 0.5) is 0 Å². The molecule has 1 aromatic carbocycles. The number of carbonyl (C=O) groups is 3. The number of ether oxygens (including phenoxy) is 2. The van der Waals surface area contributed by atoms with E-state index in [9.17, 15) is 19.5 Å². The highest BCUT2D eigenvalue weighted by Gasteiger charge is 2.81. The number of benzene rings is 1. The van der Waals surface area contributed by atoms with Crippen LogP contribution in [0, 0.1) is 17.8 Å². The average Bonchev–Trinajstić information content (AvgIpc) is 3.40. The Hall–Kier alpha value is -2.97. The third-order valence-electron chi connectivity index (χ3n) is 8.89. The predicted octanol–water partition coefficient (Wildman–Crippen LogP) is 3.66. The molecule has 2 bridgehead atoms. The van der Waals surface area contributed by atoms with Crippen LogP contribution in [-0.2, 0) is 23.9 Å². The number of rotatable bonds is 10. The molecule has 1 N–H and O–H groups in total. The second kappa shape index (κ2) is 10.5. The van der Waals surface area contributed by atoms with Gasteiger partial charge < -0.3 is 24.4 Å². The Morgan fingerprint density at radius 2 is 1.92 bits per heavy atom. The molecule has 0 radical (unpaired) electrons. The van der Waals surface area contributed by atoms with Gasteiger partial charge >= 0.3 is 5.97 Å². The first kappa shape index (κ1) is 29.0. The van der Waals surface area contributed by atoms with Gasteiger partial charge in [0.1, 0.15) is 17.6 Å². The molecule has 212 valence electrons. The zero-order chi connectivity index (χ0) is 28.8. The number of esters is 1. The number of likely N-dealkylation sites (tertiary alicyclic amines) is 1. The second-order valence-corrected chi connectivity index (χ2v) is 12.2. The molecule has 8 nitrogen and oxygen atoms in total. The van der Waals surface area contributed by atoms with Gasteiger partial charge in [-0.25, -0.2) is 0 Å². The van der Waals surface area contributed by atoms with Crippen LogP contribution in [-0.4, -0.2) is 75.2 Å². The fourth-order valence-corrected chi connectivity index (χ4v) is 6.98. The third-order valence-corrected chi connectivity index (χ3v) is 8.89. The van der Waals surface area contributed by atoms with Crippen molar-refractivity contribution in [3.63, 3.8) is 0 Å². The summed E-state index contributed by atoms with van der Waals surface area (Å²) in [5.74, 6) is -3.06. The summed E-state index contributed by atoms with van der Waals surface area (Å²) in [5, 5.41) is 10.6. The summed E-state index contributed by atoms with van der Waals surface area (Å²) in [4.78, 5) is 45.9. The minimum Gasteiger partial charge on any atom is -0.465 e. The lowest BCUT2D eigenvalue weighted by Gasteiger charge is -2.43. The van der Waals surface area contributed by atoms with E-state index in [1.54, 1.807) is 17.1 Å². The van der Waals surface area contributed by atoms with Gasteiger partial charge in [-0.05, 0) is 52.0 Å². The molecule has 4 rings (SSSR count). The summed E-state index contributed by atoms with van der Waals surface area (Å²) >= 11 is 0. The molecular formula is C31H42N2O6. The normalized spacial score (nSPS) is 32.1. The number of hydrogen-bond acceptors (Lipinski definition) is 6. The third kappa shape index (κ3) is 4.51. The van der Waals surface area contributed by atoms with Gasteiger partial charge in [-0.3, -0.25) is 14.4 Å². The Balaban J connectivity index is 1.89. The number of hydrogen-bond donors (Lipinski definition) is 1. The molecule has 1 aromatic rings. The maximum absolute atomic E-state index is 14.6. The Labute approximate surface area is 231 Å². The molecule has 3 aliphatic rings. The first-order chi connectivity index (χ1) is 18.4. The second-order valence-electron chi connectivity index (χ2n) is 12.2. The highest BCUT2D eigenvalue weighted by atomic mass is 16.6. The fraction of sp³-hybridized carbons (Fsp3) is 0.581. The molecule has 0 aromatic heterocycles. The van der Waals surface area contributed by atoms with Crippen LogP contribution in [0.3, 0.4) is 0 Å². The molecule has 3 saturated heterocycles. The summed E-state index contributed by atoms with van der Waals surface area (Å²) in [7, 11) is 0. The van der Waals surface area contributed by atoms with Gasteiger partial charge in [0.05, 0.1) is 30.8 Å². The Morgan fingerprint density at radius 3 is 2.49 bits per heavy atom. The van der Waals surface area contributed by atoms with E-state index in [4.69, 9.17) is 9.47 Å². The molecule has 0 saturated carbocycles. The van der Waals surface area contributed by atoms with Gasteiger partial charge in [0.2, 0.25) is 11.8 Å². The summed E-state index contributed by atoms with van der Waals surface area (Å²) in [6, 6.07) is 7.35. The Bertz CT molecular complexity index is 1130. The van der Waals surface area contributed by atoms with Crippen molar-refractivity contribution in [3.05, 3.63) is 61.2 Å². The highest BCUT2D eigenvalue weighted by molar-refractivity contribution is 5.99. The van der Waals surface area contributed by atoms with Crippen LogP contribution in [0.5, 0.6) is 0 Å². The van der Waals surface area contributed by atoms with E-state index < -0.39 is 46.6 Å². The maximum atomic E-state index is 14.6. The largest absolute Gasteiger partial charge is 0.465 e. The zero-order valence-corrected chi connectivity index (χ0v) is 23.8. The average molecular weight is 539 g/mol. The van der Waals surface area contributed by atoms with E-state index in [0.29, 0.717) is 18.4 Å². The standard InChI is InChI=1S/C31H42N2O6/c1-8-10-17-38-28(37)24-23-26(35)33(22(19-34)21-14-12-11-13-15-21)25(27(36)32(16-9-2)29(4,5)6)31(23)18-20(3)30(24,7)39-31/h8-9,11-15,20,22-25,34H,1-2,10,16-19H2,3-7H3/t20?,22-,23+,24+,25?,30-,31?/m1/s1. The van der Waals surface area contributed by atoms with Crippen molar-refractivity contribution in [2.75, 3.05) is 19.8 Å². The first-order valence-electron chi connectivity index (χ1n) is 13.8. The number of nitrogens with zero attached hydrogens (tertiary/aromatic N) is 2. The topological polar surface area (TPSA) is 96.4 Å². The van der Waals surface area contributed by atoms with Crippen molar-refractivity contribution >= 4 is 17.8 Å². The Kier molecular flexibility index (Phi) is 7.85.